The molecule has 1 aromatic carbocycles. The van der Waals surface area contributed by atoms with E-state index in [1.54, 1.807) is 33.2 Å². The average molecular weight is 490 g/mol. The molecule has 0 radical (unpaired) electrons. The van der Waals surface area contributed by atoms with Gasteiger partial charge in [0.25, 0.3) is 0 Å². The van der Waals surface area contributed by atoms with Gasteiger partial charge in [-0.2, -0.15) is 0 Å². The number of methoxy groups -OCH3 is 2. The van der Waals surface area contributed by atoms with Crippen molar-refractivity contribution in [1.82, 2.24) is 15.5 Å². The molecule has 0 aliphatic heterocycles. The van der Waals surface area contributed by atoms with Crippen molar-refractivity contribution in [3.8, 4) is 11.5 Å². The first-order chi connectivity index (χ1) is 12.5. The topological polar surface area (TPSA) is 75.2 Å². The number of halogens is 1. The Kier molecular flexibility index (Phi) is 10.3. The lowest BCUT2D eigenvalue weighted by Gasteiger charge is -2.18. The summed E-state index contributed by atoms with van der Waals surface area (Å²) in [5, 5.41) is 6.58. The van der Waals surface area contributed by atoms with Gasteiger partial charge in [0.2, 0.25) is 5.91 Å². The van der Waals surface area contributed by atoms with Crippen LogP contribution in [0.4, 0.5) is 0 Å². The Morgan fingerprint density at radius 2 is 1.85 bits per heavy atom. The van der Waals surface area contributed by atoms with Crippen molar-refractivity contribution in [3.63, 3.8) is 0 Å². The molecule has 0 atom stereocenters. The lowest BCUT2D eigenvalue weighted by molar-refractivity contribution is -0.127. The van der Waals surface area contributed by atoms with Gasteiger partial charge in [-0.15, -0.1) is 24.0 Å². The van der Waals surface area contributed by atoms with Crippen LogP contribution < -0.4 is 20.1 Å². The molecule has 1 amide bonds. The van der Waals surface area contributed by atoms with Gasteiger partial charge in [0.15, 0.2) is 17.5 Å². The number of nitrogens with one attached hydrogen (secondary N) is 2. The van der Waals surface area contributed by atoms with Crippen molar-refractivity contribution in [1.29, 1.82) is 0 Å². The number of nitrogens with zero attached hydrogens (tertiary/aromatic N) is 2. The van der Waals surface area contributed by atoms with Crippen LogP contribution in [-0.4, -0.2) is 57.7 Å². The maximum Gasteiger partial charge on any atom is 0.241 e. The SMILES string of the molecule is COc1ccc(CN=C(NCC(=O)N(C)C)NC2CCCC2)cc1OC.I. The molecule has 1 aliphatic carbocycles. The third kappa shape index (κ3) is 7.43. The molecule has 1 fully saturated rings. The lowest BCUT2D eigenvalue weighted by atomic mass is 10.2. The number of guanidine groups is 1. The third-order valence-corrected chi connectivity index (χ3v) is 4.47. The van der Waals surface area contributed by atoms with Gasteiger partial charge < -0.3 is 25.0 Å². The highest BCUT2D eigenvalue weighted by molar-refractivity contribution is 14.0. The molecule has 1 saturated carbocycles. The van der Waals surface area contributed by atoms with Gasteiger partial charge in [0.1, 0.15) is 0 Å². The standard InChI is InChI=1S/C19H30N4O3.HI/c1-23(2)18(24)13-21-19(22-15-7-5-6-8-15)20-12-14-9-10-16(25-3)17(11-14)26-4;/h9-11,15H,5-8,12-13H2,1-4H3,(H2,20,21,22);1H. The van der Waals surface area contributed by atoms with Crippen LogP contribution >= 0.6 is 24.0 Å². The summed E-state index contributed by atoms with van der Waals surface area (Å²) in [5.41, 5.74) is 1.01. The number of amides is 1. The summed E-state index contributed by atoms with van der Waals surface area (Å²) in [6.07, 6.45) is 4.74. The van der Waals surface area contributed by atoms with E-state index in [-0.39, 0.29) is 36.4 Å². The maximum absolute atomic E-state index is 11.9. The molecular weight excluding hydrogens is 459 g/mol. The highest BCUT2D eigenvalue weighted by Gasteiger charge is 2.17. The molecule has 2 rings (SSSR count). The summed E-state index contributed by atoms with van der Waals surface area (Å²) in [7, 11) is 6.72. The first kappa shape index (κ1) is 23.3. The van der Waals surface area contributed by atoms with Gasteiger partial charge in [0, 0.05) is 20.1 Å². The minimum Gasteiger partial charge on any atom is -0.493 e. The molecule has 0 unspecified atom stereocenters. The molecule has 1 aliphatic rings. The fourth-order valence-electron chi connectivity index (χ4n) is 2.88. The largest absolute Gasteiger partial charge is 0.493 e. The average Bonchev–Trinajstić information content (AvgIpc) is 3.16. The minimum absolute atomic E-state index is 0. The number of hydrogen-bond acceptors (Lipinski definition) is 4. The second-order valence-electron chi connectivity index (χ2n) is 6.62. The van der Waals surface area contributed by atoms with Crippen molar-refractivity contribution in [2.24, 2.45) is 4.99 Å². The number of benzene rings is 1. The van der Waals surface area contributed by atoms with E-state index in [9.17, 15) is 4.79 Å². The second kappa shape index (κ2) is 11.9. The minimum atomic E-state index is 0. The van der Waals surface area contributed by atoms with Crippen molar-refractivity contribution < 1.29 is 14.3 Å². The highest BCUT2D eigenvalue weighted by atomic mass is 127. The lowest BCUT2D eigenvalue weighted by Crippen LogP contribution is -2.46. The monoisotopic (exact) mass is 490 g/mol. The predicted molar refractivity (Wildman–Crippen MR) is 118 cm³/mol. The number of rotatable bonds is 7. The molecule has 0 spiro atoms. The zero-order chi connectivity index (χ0) is 18.9. The van der Waals surface area contributed by atoms with E-state index < -0.39 is 0 Å². The van der Waals surface area contributed by atoms with Gasteiger partial charge in [-0.3, -0.25) is 4.79 Å². The van der Waals surface area contributed by atoms with Gasteiger partial charge in [-0.1, -0.05) is 18.9 Å². The van der Waals surface area contributed by atoms with Gasteiger partial charge in [-0.25, -0.2) is 4.99 Å². The number of aliphatic imine (C=N–C) groups is 1. The highest BCUT2D eigenvalue weighted by Crippen LogP contribution is 2.27. The molecular formula is C19H31IN4O3. The molecule has 0 heterocycles. The fourth-order valence-corrected chi connectivity index (χ4v) is 2.88. The van der Waals surface area contributed by atoms with E-state index >= 15 is 0 Å². The third-order valence-electron chi connectivity index (χ3n) is 4.47. The van der Waals surface area contributed by atoms with Crippen molar-refractivity contribution in [2.45, 2.75) is 38.3 Å². The van der Waals surface area contributed by atoms with E-state index in [1.807, 2.05) is 18.2 Å². The molecule has 0 aromatic heterocycles. The van der Waals surface area contributed by atoms with Crippen LogP contribution in [0.25, 0.3) is 0 Å². The van der Waals surface area contributed by atoms with Crippen molar-refractivity contribution in [2.75, 3.05) is 34.9 Å². The van der Waals surface area contributed by atoms with Gasteiger partial charge >= 0.3 is 0 Å². The molecule has 8 heteroatoms. The fraction of sp³-hybridized carbons (Fsp3) is 0.579. The normalized spacial score (nSPS) is 14.3. The van der Waals surface area contributed by atoms with E-state index in [2.05, 4.69) is 15.6 Å². The zero-order valence-corrected chi connectivity index (χ0v) is 18.9. The Balaban J connectivity index is 0.00000364. The van der Waals surface area contributed by atoms with E-state index in [0.29, 0.717) is 30.0 Å². The first-order valence-corrected chi connectivity index (χ1v) is 8.99. The summed E-state index contributed by atoms with van der Waals surface area (Å²) in [4.78, 5) is 18.1. The second-order valence-corrected chi connectivity index (χ2v) is 6.62. The van der Waals surface area contributed by atoms with Crippen molar-refractivity contribution in [3.05, 3.63) is 23.8 Å². The molecule has 7 nitrogen and oxygen atoms in total. The summed E-state index contributed by atoms with van der Waals surface area (Å²) in [6.45, 7) is 0.704. The Hall–Kier alpha value is -1.71. The Bertz CT molecular complexity index is 631. The van der Waals surface area contributed by atoms with E-state index in [1.165, 1.54) is 12.8 Å². The van der Waals surface area contributed by atoms with Crippen LogP contribution in [-0.2, 0) is 11.3 Å². The smallest absolute Gasteiger partial charge is 0.241 e. The van der Waals surface area contributed by atoms with Crippen molar-refractivity contribution >= 4 is 35.8 Å². The Morgan fingerprint density at radius 1 is 1.19 bits per heavy atom. The predicted octanol–water partition coefficient (Wildman–Crippen LogP) is 2.39. The quantitative estimate of drug-likeness (QED) is 0.349. The van der Waals surface area contributed by atoms with Crippen LogP contribution in [0.15, 0.2) is 23.2 Å². The number of carbonyl (C=O) groups excluding carboxylic acids is 1. The number of carbonyl (C=O) groups is 1. The van der Waals surface area contributed by atoms with Gasteiger partial charge in [0.05, 0.1) is 27.3 Å². The number of ether oxygens (including phenoxy) is 2. The summed E-state index contributed by atoms with van der Waals surface area (Å²) in [5.74, 6) is 2.06. The van der Waals surface area contributed by atoms with Crippen LogP contribution in [0, 0.1) is 0 Å². The molecule has 27 heavy (non-hydrogen) atoms. The first-order valence-electron chi connectivity index (χ1n) is 8.99. The number of likely N-dealkylation sites (N-methyl/N-ethyl adjacent to an activating group) is 1. The van der Waals surface area contributed by atoms with Gasteiger partial charge in [-0.05, 0) is 30.5 Å². The molecule has 2 N–H and O–H groups in total. The molecule has 152 valence electrons. The van der Waals surface area contributed by atoms with Crippen LogP contribution in [0.5, 0.6) is 11.5 Å². The maximum atomic E-state index is 11.9. The summed E-state index contributed by atoms with van der Waals surface area (Å²) < 4.78 is 10.6. The number of hydrogen-bond donors (Lipinski definition) is 2. The summed E-state index contributed by atoms with van der Waals surface area (Å²) >= 11 is 0. The van der Waals surface area contributed by atoms with Crippen LogP contribution in [0.3, 0.4) is 0 Å². The Morgan fingerprint density at radius 3 is 2.44 bits per heavy atom. The molecule has 0 saturated heterocycles. The zero-order valence-electron chi connectivity index (χ0n) is 16.6. The molecule has 1 aromatic rings. The summed E-state index contributed by atoms with van der Waals surface area (Å²) in [6, 6.07) is 6.17. The van der Waals surface area contributed by atoms with Crippen LogP contribution in [0.1, 0.15) is 31.2 Å². The van der Waals surface area contributed by atoms with Crippen LogP contribution in [0.2, 0.25) is 0 Å². The van der Waals surface area contributed by atoms with E-state index in [4.69, 9.17) is 9.47 Å². The van der Waals surface area contributed by atoms with E-state index in [0.717, 1.165) is 18.4 Å². The Labute approximate surface area is 178 Å². The molecule has 0 bridgehead atoms.